The Morgan fingerprint density at radius 1 is 1.28 bits per heavy atom. The van der Waals surface area contributed by atoms with Crippen LogP contribution in [0.2, 0.25) is 5.02 Å². The van der Waals surface area contributed by atoms with Crippen molar-refractivity contribution in [1.82, 2.24) is 24.8 Å². The van der Waals surface area contributed by atoms with Crippen LogP contribution in [-0.2, 0) is 9.53 Å². The van der Waals surface area contributed by atoms with Crippen LogP contribution in [0.4, 0.5) is 17.5 Å². The number of ether oxygens (including phenoxy) is 1. The van der Waals surface area contributed by atoms with Gasteiger partial charge < -0.3 is 15.0 Å². The number of piperidine rings is 1. The molecule has 1 fully saturated rings. The van der Waals surface area contributed by atoms with E-state index in [1.54, 1.807) is 6.20 Å². The van der Waals surface area contributed by atoms with Crippen molar-refractivity contribution in [1.29, 1.82) is 0 Å². The Bertz CT molecular complexity index is 1090. The standard InChI is InChI=1S/C22H26ClN7O2/c1-3-32-19(31)13-29(2)17-7-9-30(10-8-17)22-24-12-18-20(28-22)21(26-14-25-18)27-16-6-4-5-15(23)11-16/h4-6,11-12,14,17H,3,7-10,13H2,1-2H3,(H,25,26,27). The molecule has 0 aliphatic carbocycles. The highest BCUT2D eigenvalue weighted by Crippen LogP contribution is 2.26. The zero-order valence-electron chi connectivity index (χ0n) is 18.2. The highest BCUT2D eigenvalue weighted by molar-refractivity contribution is 6.30. The number of likely N-dealkylation sites (N-methyl/N-ethyl adjacent to an activating group) is 1. The first-order valence-corrected chi connectivity index (χ1v) is 11.0. The van der Waals surface area contributed by atoms with Crippen molar-refractivity contribution < 1.29 is 9.53 Å². The fourth-order valence-corrected chi connectivity index (χ4v) is 4.03. The normalized spacial score (nSPS) is 14.7. The molecule has 2 aromatic heterocycles. The van der Waals surface area contributed by atoms with E-state index in [9.17, 15) is 4.79 Å². The molecular formula is C22H26ClN7O2. The van der Waals surface area contributed by atoms with Gasteiger partial charge in [-0.15, -0.1) is 0 Å². The number of nitrogens with zero attached hydrogens (tertiary/aromatic N) is 6. The van der Waals surface area contributed by atoms with Crippen LogP contribution in [0, 0.1) is 0 Å². The molecule has 0 spiro atoms. The summed E-state index contributed by atoms with van der Waals surface area (Å²) < 4.78 is 5.06. The van der Waals surface area contributed by atoms with E-state index in [0.29, 0.717) is 47.0 Å². The molecule has 1 saturated heterocycles. The molecule has 0 saturated carbocycles. The first-order chi connectivity index (χ1) is 15.5. The molecule has 0 atom stereocenters. The van der Waals surface area contributed by atoms with Gasteiger partial charge in [-0.1, -0.05) is 17.7 Å². The summed E-state index contributed by atoms with van der Waals surface area (Å²) in [5.41, 5.74) is 2.14. The second-order valence-electron chi connectivity index (χ2n) is 7.70. The number of nitrogens with one attached hydrogen (secondary N) is 1. The lowest BCUT2D eigenvalue weighted by molar-refractivity contribution is -0.144. The molecule has 3 aromatic rings. The Hall–Kier alpha value is -3.04. The van der Waals surface area contributed by atoms with Crippen molar-refractivity contribution in [2.24, 2.45) is 0 Å². The molecular weight excluding hydrogens is 430 g/mol. The summed E-state index contributed by atoms with van der Waals surface area (Å²) in [4.78, 5) is 33.9. The number of aromatic nitrogens is 4. The Morgan fingerprint density at radius 3 is 2.84 bits per heavy atom. The fourth-order valence-electron chi connectivity index (χ4n) is 3.84. The summed E-state index contributed by atoms with van der Waals surface area (Å²) in [7, 11) is 1.97. The highest BCUT2D eigenvalue weighted by atomic mass is 35.5. The number of esters is 1. The summed E-state index contributed by atoms with van der Waals surface area (Å²) in [6, 6.07) is 7.75. The Morgan fingerprint density at radius 2 is 2.09 bits per heavy atom. The average molecular weight is 456 g/mol. The van der Waals surface area contributed by atoms with Gasteiger partial charge in [0.15, 0.2) is 5.82 Å². The van der Waals surface area contributed by atoms with Crippen LogP contribution in [-0.4, -0.2) is 70.1 Å². The molecule has 0 unspecified atom stereocenters. The Balaban J connectivity index is 1.47. The van der Waals surface area contributed by atoms with E-state index in [0.717, 1.165) is 31.6 Å². The van der Waals surface area contributed by atoms with Crippen LogP contribution in [0.25, 0.3) is 11.0 Å². The number of carbonyl (C=O) groups excluding carboxylic acids is 1. The van der Waals surface area contributed by atoms with Crippen molar-refractivity contribution in [2.45, 2.75) is 25.8 Å². The number of rotatable bonds is 7. The summed E-state index contributed by atoms with van der Waals surface area (Å²) in [5, 5.41) is 3.91. The molecule has 3 heterocycles. The second kappa shape index (κ2) is 10.1. The maximum absolute atomic E-state index is 11.8. The fraction of sp³-hybridized carbons (Fsp3) is 0.409. The molecule has 10 heteroatoms. The minimum Gasteiger partial charge on any atom is -0.465 e. The maximum Gasteiger partial charge on any atom is 0.320 e. The van der Waals surface area contributed by atoms with Crippen molar-refractivity contribution in [2.75, 3.05) is 43.5 Å². The molecule has 0 amide bonds. The van der Waals surface area contributed by atoms with Gasteiger partial charge in [-0.05, 0) is 45.0 Å². The number of hydrogen-bond donors (Lipinski definition) is 1. The smallest absolute Gasteiger partial charge is 0.320 e. The third-order valence-corrected chi connectivity index (χ3v) is 5.74. The maximum atomic E-state index is 11.8. The van der Waals surface area contributed by atoms with E-state index in [1.165, 1.54) is 6.33 Å². The van der Waals surface area contributed by atoms with Crippen molar-refractivity contribution in [3.05, 3.63) is 41.8 Å². The van der Waals surface area contributed by atoms with Crippen LogP contribution in [0.1, 0.15) is 19.8 Å². The molecule has 4 rings (SSSR count). The van der Waals surface area contributed by atoms with Crippen LogP contribution >= 0.6 is 11.6 Å². The highest BCUT2D eigenvalue weighted by Gasteiger charge is 2.25. The number of fused-ring (bicyclic) bond motifs is 1. The van der Waals surface area contributed by atoms with E-state index in [2.05, 4.69) is 30.1 Å². The zero-order chi connectivity index (χ0) is 22.5. The number of anilines is 3. The first-order valence-electron chi connectivity index (χ1n) is 10.6. The van der Waals surface area contributed by atoms with Gasteiger partial charge in [-0.2, -0.15) is 0 Å². The molecule has 1 N–H and O–H groups in total. The average Bonchev–Trinajstić information content (AvgIpc) is 2.79. The van der Waals surface area contributed by atoms with Gasteiger partial charge in [0, 0.05) is 29.8 Å². The van der Waals surface area contributed by atoms with Gasteiger partial charge in [-0.25, -0.2) is 19.9 Å². The summed E-state index contributed by atoms with van der Waals surface area (Å²) in [5.74, 6) is 1.06. The lowest BCUT2D eigenvalue weighted by Crippen LogP contribution is -2.45. The largest absolute Gasteiger partial charge is 0.465 e. The molecule has 1 aliphatic heterocycles. The predicted molar refractivity (Wildman–Crippen MR) is 124 cm³/mol. The molecule has 1 aromatic carbocycles. The minimum atomic E-state index is -0.185. The van der Waals surface area contributed by atoms with Crippen LogP contribution in [0.3, 0.4) is 0 Å². The molecule has 9 nitrogen and oxygen atoms in total. The zero-order valence-corrected chi connectivity index (χ0v) is 18.9. The van der Waals surface area contributed by atoms with Gasteiger partial charge in [0.2, 0.25) is 5.95 Å². The van der Waals surface area contributed by atoms with Gasteiger partial charge in [-0.3, -0.25) is 9.69 Å². The van der Waals surface area contributed by atoms with Gasteiger partial charge in [0.1, 0.15) is 17.4 Å². The Kier molecular flexibility index (Phi) is 6.96. The number of halogens is 1. The van der Waals surface area contributed by atoms with Crippen molar-refractivity contribution >= 4 is 46.1 Å². The number of hydrogen-bond acceptors (Lipinski definition) is 9. The molecule has 0 bridgehead atoms. The first kappa shape index (κ1) is 22.2. The minimum absolute atomic E-state index is 0.185. The topological polar surface area (TPSA) is 96.4 Å². The summed E-state index contributed by atoms with van der Waals surface area (Å²) in [6.07, 6.45) is 5.04. The lowest BCUT2D eigenvalue weighted by atomic mass is 10.0. The monoisotopic (exact) mass is 455 g/mol. The molecule has 32 heavy (non-hydrogen) atoms. The Labute approximate surface area is 191 Å². The SMILES string of the molecule is CCOC(=O)CN(C)C1CCN(c2ncc3ncnc(Nc4cccc(Cl)c4)c3n2)CC1. The summed E-state index contributed by atoms with van der Waals surface area (Å²) >= 11 is 6.10. The second-order valence-corrected chi connectivity index (χ2v) is 8.14. The number of carbonyl (C=O) groups is 1. The van der Waals surface area contributed by atoms with E-state index < -0.39 is 0 Å². The molecule has 1 aliphatic rings. The van der Waals surface area contributed by atoms with E-state index in [1.807, 2.05) is 38.2 Å². The predicted octanol–water partition coefficient (Wildman–Crippen LogP) is 3.28. The molecule has 168 valence electrons. The molecule has 0 radical (unpaired) electrons. The van der Waals surface area contributed by atoms with E-state index in [-0.39, 0.29) is 5.97 Å². The lowest BCUT2D eigenvalue weighted by Gasteiger charge is -2.36. The van der Waals surface area contributed by atoms with E-state index >= 15 is 0 Å². The van der Waals surface area contributed by atoms with Crippen LogP contribution in [0.15, 0.2) is 36.8 Å². The van der Waals surface area contributed by atoms with Gasteiger partial charge in [0.25, 0.3) is 0 Å². The van der Waals surface area contributed by atoms with Crippen LogP contribution < -0.4 is 10.2 Å². The third-order valence-electron chi connectivity index (χ3n) is 5.51. The quantitative estimate of drug-likeness (QED) is 0.538. The van der Waals surface area contributed by atoms with Crippen molar-refractivity contribution in [3.8, 4) is 0 Å². The third kappa shape index (κ3) is 5.23. The van der Waals surface area contributed by atoms with Crippen molar-refractivity contribution in [3.63, 3.8) is 0 Å². The van der Waals surface area contributed by atoms with Crippen LogP contribution in [0.5, 0.6) is 0 Å². The number of benzene rings is 1. The summed E-state index contributed by atoms with van der Waals surface area (Å²) in [6.45, 7) is 4.13. The van der Waals surface area contributed by atoms with Gasteiger partial charge in [0.05, 0.1) is 19.3 Å². The van der Waals surface area contributed by atoms with Gasteiger partial charge >= 0.3 is 5.97 Å². The van der Waals surface area contributed by atoms with E-state index in [4.69, 9.17) is 21.3 Å².